The number of fused-ring (bicyclic) bond motifs is 1. The van der Waals surface area contributed by atoms with E-state index in [2.05, 4.69) is 20.6 Å². The molecule has 0 fully saturated rings. The van der Waals surface area contributed by atoms with E-state index in [0.29, 0.717) is 23.0 Å². The minimum absolute atomic E-state index is 0.00631. The Morgan fingerprint density at radius 1 is 1.06 bits per heavy atom. The number of anilines is 1. The summed E-state index contributed by atoms with van der Waals surface area (Å²) in [4.78, 5) is 32.7. The smallest absolute Gasteiger partial charge is 0.249 e. The third-order valence-corrected chi connectivity index (χ3v) is 5.96. The van der Waals surface area contributed by atoms with E-state index in [4.69, 9.17) is 0 Å². The molecule has 9 heteroatoms. The lowest BCUT2D eigenvalue weighted by atomic mass is 9.98. The number of hydrogen-bond donors (Lipinski definition) is 1. The number of halogens is 1. The van der Waals surface area contributed by atoms with Crippen LogP contribution in [0.5, 0.6) is 0 Å². The number of carbonyl (C=O) groups excluding carboxylic acids is 2. The molecule has 180 valence electrons. The van der Waals surface area contributed by atoms with Gasteiger partial charge < -0.3 is 5.32 Å². The number of carbonyl (C=O) groups is 2. The van der Waals surface area contributed by atoms with Crippen molar-refractivity contribution in [2.75, 3.05) is 4.90 Å². The third-order valence-electron chi connectivity index (χ3n) is 5.96. The standard InChI is InChI=1S/C26H27FN6O2/c1-4-26(2,3)29-25(35)24(18-13-15-28-16-14-18)33(21-11-7-5-9-19(21)27)23(34)17-32-22-12-8-6-10-20(22)30-31-32/h5-16,24H,4,17H2,1-3H3,(H,29,35)/t24-/m0/s1. The summed E-state index contributed by atoms with van der Waals surface area (Å²) >= 11 is 0. The summed E-state index contributed by atoms with van der Waals surface area (Å²) in [6.45, 7) is 5.51. The van der Waals surface area contributed by atoms with E-state index in [0.717, 1.165) is 0 Å². The van der Waals surface area contributed by atoms with Gasteiger partial charge in [-0.2, -0.15) is 0 Å². The van der Waals surface area contributed by atoms with Gasteiger partial charge in [0.2, 0.25) is 11.8 Å². The van der Waals surface area contributed by atoms with E-state index in [1.165, 1.54) is 40.2 Å². The molecule has 1 atom stereocenters. The fourth-order valence-electron chi connectivity index (χ4n) is 3.76. The average Bonchev–Trinajstić information content (AvgIpc) is 3.26. The number of nitrogens with zero attached hydrogens (tertiary/aromatic N) is 5. The molecule has 0 saturated carbocycles. The predicted octanol–water partition coefficient (Wildman–Crippen LogP) is 4.04. The number of rotatable bonds is 8. The fourth-order valence-corrected chi connectivity index (χ4v) is 3.76. The van der Waals surface area contributed by atoms with E-state index in [1.807, 2.05) is 32.9 Å². The second kappa shape index (κ2) is 10.0. The first kappa shape index (κ1) is 24.0. The van der Waals surface area contributed by atoms with E-state index >= 15 is 4.39 Å². The molecule has 4 aromatic rings. The molecule has 0 unspecified atom stereocenters. The Labute approximate surface area is 202 Å². The highest BCUT2D eigenvalue weighted by Gasteiger charge is 2.36. The fraction of sp³-hybridized carbons (Fsp3) is 0.269. The number of amides is 2. The van der Waals surface area contributed by atoms with Crippen LogP contribution in [0.1, 0.15) is 38.8 Å². The van der Waals surface area contributed by atoms with Crippen molar-refractivity contribution in [1.29, 1.82) is 0 Å². The Balaban J connectivity index is 1.82. The van der Waals surface area contributed by atoms with Crippen molar-refractivity contribution in [3.8, 4) is 0 Å². The zero-order valence-corrected chi connectivity index (χ0v) is 19.9. The Kier molecular flexibility index (Phi) is 6.86. The summed E-state index contributed by atoms with van der Waals surface area (Å²) in [5, 5.41) is 11.2. The lowest BCUT2D eigenvalue weighted by Crippen LogP contribution is -2.51. The largest absolute Gasteiger partial charge is 0.349 e. The van der Waals surface area contributed by atoms with E-state index in [9.17, 15) is 9.59 Å². The quantitative estimate of drug-likeness (QED) is 0.416. The highest BCUT2D eigenvalue weighted by molar-refractivity contribution is 6.01. The van der Waals surface area contributed by atoms with Crippen molar-refractivity contribution >= 4 is 28.5 Å². The minimum Gasteiger partial charge on any atom is -0.349 e. The molecule has 2 amide bonds. The molecule has 0 radical (unpaired) electrons. The minimum atomic E-state index is -1.14. The number of nitrogens with one attached hydrogen (secondary N) is 1. The topological polar surface area (TPSA) is 93.0 Å². The van der Waals surface area contributed by atoms with Crippen molar-refractivity contribution in [2.45, 2.75) is 45.3 Å². The molecule has 35 heavy (non-hydrogen) atoms. The SMILES string of the molecule is CCC(C)(C)NC(=O)[C@H](c1ccncc1)N(C(=O)Cn1nnc2ccccc21)c1ccccc1F. The Morgan fingerprint density at radius 3 is 2.46 bits per heavy atom. The van der Waals surface area contributed by atoms with Gasteiger partial charge in [-0.1, -0.05) is 36.4 Å². The molecule has 2 aromatic carbocycles. The summed E-state index contributed by atoms with van der Waals surface area (Å²) in [6, 6.07) is 15.3. The molecule has 0 spiro atoms. The van der Waals surface area contributed by atoms with Gasteiger partial charge in [-0.15, -0.1) is 5.10 Å². The van der Waals surface area contributed by atoms with Crippen LogP contribution in [0.2, 0.25) is 0 Å². The summed E-state index contributed by atoms with van der Waals surface area (Å²) in [6.07, 6.45) is 3.74. The van der Waals surface area contributed by atoms with Crippen LogP contribution in [0, 0.1) is 5.82 Å². The molecular weight excluding hydrogens is 447 g/mol. The van der Waals surface area contributed by atoms with Crippen molar-refractivity contribution in [3.63, 3.8) is 0 Å². The van der Waals surface area contributed by atoms with Gasteiger partial charge in [0.05, 0.1) is 11.2 Å². The molecule has 2 aromatic heterocycles. The number of benzene rings is 2. The second-order valence-electron chi connectivity index (χ2n) is 8.86. The van der Waals surface area contributed by atoms with Crippen LogP contribution < -0.4 is 10.2 Å². The lowest BCUT2D eigenvalue weighted by molar-refractivity contribution is -0.128. The summed E-state index contributed by atoms with van der Waals surface area (Å²) < 4.78 is 16.6. The Morgan fingerprint density at radius 2 is 1.74 bits per heavy atom. The summed E-state index contributed by atoms with van der Waals surface area (Å²) in [5.41, 5.74) is 1.25. The van der Waals surface area contributed by atoms with Gasteiger partial charge in [0, 0.05) is 17.9 Å². The van der Waals surface area contributed by atoms with E-state index < -0.39 is 29.2 Å². The highest BCUT2D eigenvalue weighted by atomic mass is 19.1. The number of para-hydroxylation sites is 2. The molecule has 0 saturated heterocycles. The highest BCUT2D eigenvalue weighted by Crippen LogP contribution is 2.31. The maximum Gasteiger partial charge on any atom is 0.249 e. The van der Waals surface area contributed by atoms with Crippen LogP contribution in [-0.2, 0) is 16.1 Å². The molecule has 4 rings (SSSR count). The van der Waals surface area contributed by atoms with Gasteiger partial charge in [0.15, 0.2) is 0 Å². The van der Waals surface area contributed by atoms with Crippen LogP contribution in [-0.4, -0.2) is 37.3 Å². The first-order valence-electron chi connectivity index (χ1n) is 11.4. The second-order valence-corrected chi connectivity index (χ2v) is 8.86. The van der Waals surface area contributed by atoms with Gasteiger partial charge in [0.1, 0.15) is 23.9 Å². The van der Waals surface area contributed by atoms with Crippen LogP contribution >= 0.6 is 0 Å². The molecule has 0 aliphatic rings. The van der Waals surface area contributed by atoms with Crippen molar-refractivity contribution in [1.82, 2.24) is 25.3 Å². The molecule has 0 bridgehead atoms. The number of pyridine rings is 1. The van der Waals surface area contributed by atoms with Crippen LogP contribution in [0.3, 0.4) is 0 Å². The van der Waals surface area contributed by atoms with E-state index in [-0.39, 0.29) is 12.2 Å². The molecule has 0 aliphatic heterocycles. The maximum atomic E-state index is 15.1. The normalized spacial score (nSPS) is 12.3. The van der Waals surface area contributed by atoms with Gasteiger partial charge in [-0.05, 0) is 62.2 Å². The maximum absolute atomic E-state index is 15.1. The van der Waals surface area contributed by atoms with Crippen molar-refractivity contribution in [3.05, 3.63) is 84.4 Å². The zero-order chi connectivity index (χ0) is 25.0. The molecule has 1 N–H and O–H groups in total. The summed E-state index contributed by atoms with van der Waals surface area (Å²) in [5.74, 6) is -1.56. The Bertz CT molecular complexity index is 1340. The first-order chi connectivity index (χ1) is 16.8. The van der Waals surface area contributed by atoms with Crippen LogP contribution in [0.25, 0.3) is 11.0 Å². The third kappa shape index (κ3) is 5.18. The monoisotopic (exact) mass is 474 g/mol. The van der Waals surface area contributed by atoms with Crippen molar-refractivity contribution < 1.29 is 14.0 Å². The van der Waals surface area contributed by atoms with Crippen molar-refractivity contribution in [2.24, 2.45) is 0 Å². The number of hydrogen-bond acceptors (Lipinski definition) is 5. The summed E-state index contributed by atoms with van der Waals surface area (Å²) in [7, 11) is 0. The molecule has 2 heterocycles. The van der Waals surface area contributed by atoms with E-state index in [1.54, 1.807) is 30.3 Å². The van der Waals surface area contributed by atoms with Gasteiger partial charge in [-0.25, -0.2) is 9.07 Å². The molecule has 8 nitrogen and oxygen atoms in total. The zero-order valence-electron chi connectivity index (χ0n) is 19.9. The molecule has 0 aliphatic carbocycles. The van der Waals surface area contributed by atoms with Crippen LogP contribution in [0.15, 0.2) is 73.1 Å². The molecular formula is C26H27FN6O2. The van der Waals surface area contributed by atoms with Gasteiger partial charge in [0.25, 0.3) is 0 Å². The number of aromatic nitrogens is 4. The van der Waals surface area contributed by atoms with Crippen LogP contribution in [0.4, 0.5) is 10.1 Å². The average molecular weight is 475 g/mol. The Hall–Kier alpha value is -4.14. The predicted molar refractivity (Wildman–Crippen MR) is 131 cm³/mol. The first-order valence-corrected chi connectivity index (χ1v) is 11.4. The van der Waals surface area contributed by atoms with Gasteiger partial charge >= 0.3 is 0 Å². The lowest BCUT2D eigenvalue weighted by Gasteiger charge is -2.34. The van der Waals surface area contributed by atoms with Gasteiger partial charge in [-0.3, -0.25) is 19.5 Å².